The van der Waals surface area contributed by atoms with Gasteiger partial charge in [-0.2, -0.15) is 0 Å². The van der Waals surface area contributed by atoms with E-state index in [2.05, 4.69) is 19.1 Å². The summed E-state index contributed by atoms with van der Waals surface area (Å²) >= 11 is 6.45. The molecule has 3 rings (SSSR count). The van der Waals surface area contributed by atoms with E-state index in [1.807, 2.05) is 36.4 Å². The zero-order chi connectivity index (χ0) is 19.9. The minimum atomic E-state index is -0.412. The van der Waals surface area contributed by atoms with Gasteiger partial charge in [0.25, 0.3) is 0 Å². The van der Waals surface area contributed by atoms with Gasteiger partial charge in [-0.3, -0.25) is 0 Å². The van der Waals surface area contributed by atoms with Crippen molar-refractivity contribution in [2.24, 2.45) is 0 Å². The van der Waals surface area contributed by atoms with Crippen LogP contribution >= 0.6 is 11.6 Å². The molecule has 1 unspecified atom stereocenters. The van der Waals surface area contributed by atoms with Gasteiger partial charge in [0.2, 0.25) is 0 Å². The van der Waals surface area contributed by atoms with Gasteiger partial charge in [-0.05, 0) is 35.7 Å². The molecule has 0 fully saturated rings. The van der Waals surface area contributed by atoms with E-state index in [9.17, 15) is 0 Å². The van der Waals surface area contributed by atoms with Crippen molar-refractivity contribution < 1.29 is 13.9 Å². The van der Waals surface area contributed by atoms with Crippen LogP contribution in [-0.2, 0) is 4.74 Å². The summed E-state index contributed by atoms with van der Waals surface area (Å²) in [5, 5.41) is 0.514. The van der Waals surface area contributed by atoms with E-state index < -0.39 is 5.82 Å². The first-order valence-corrected chi connectivity index (χ1v) is 9.78. The maximum atomic E-state index is 15.1. The molecular weight excluding hydrogens is 375 g/mol. The van der Waals surface area contributed by atoms with E-state index in [0.717, 1.165) is 12.0 Å². The summed E-state index contributed by atoms with van der Waals surface area (Å²) in [5.74, 6) is 0.0120. The van der Waals surface area contributed by atoms with Crippen LogP contribution in [0.4, 0.5) is 4.39 Å². The monoisotopic (exact) mass is 398 g/mol. The smallest absolute Gasteiger partial charge is 0.172 e. The Morgan fingerprint density at radius 2 is 1.68 bits per heavy atom. The molecule has 0 aliphatic carbocycles. The summed E-state index contributed by atoms with van der Waals surface area (Å²) < 4.78 is 25.5. The van der Waals surface area contributed by atoms with E-state index in [1.54, 1.807) is 25.3 Å². The number of ether oxygens (including phenoxy) is 2. The van der Waals surface area contributed by atoms with E-state index in [1.165, 1.54) is 5.56 Å². The summed E-state index contributed by atoms with van der Waals surface area (Å²) in [6, 6.07) is 21.3. The average molecular weight is 399 g/mol. The molecular formula is C24H24ClFO2. The van der Waals surface area contributed by atoms with Gasteiger partial charge in [-0.1, -0.05) is 67.1 Å². The second kappa shape index (κ2) is 9.72. The van der Waals surface area contributed by atoms with Crippen molar-refractivity contribution in [2.75, 3.05) is 20.3 Å². The molecule has 0 aliphatic heterocycles. The molecule has 0 spiro atoms. The van der Waals surface area contributed by atoms with Crippen LogP contribution in [0.25, 0.3) is 11.1 Å². The van der Waals surface area contributed by atoms with Crippen LogP contribution in [0.2, 0.25) is 5.02 Å². The molecule has 1 atom stereocenters. The fourth-order valence-corrected chi connectivity index (χ4v) is 3.60. The minimum Gasteiger partial charge on any atom is -0.488 e. The molecule has 4 heteroatoms. The van der Waals surface area contributed by atoms with E-state index in [-0.39, 0.29) is 18.3 Å². The van der Waals surface area contributed by atoms with Gasteiger partial charge in [-0.25, -0.2) is 4.39 Å². The summed E-state index contributed by atoms with van der Waals surface area (Å²) in [6.45, 7) is 2.84. The lowest BCUT2D eigenvalue weighted by atomic mass is 9.87. The van der Waals surface area contributed by atoms with Crippen molar-refractivity contribution in [2.45, 2.75) is 19.3 Å². The van der Waals surface area contributed by atoms with Gasteiger partial charge in [0.15, 0.2) is 11.6 Å². The van der Waals surface area contributed by atoms with Gasteiger partial charge < -0.3 is 9.47 Å². The van der Waals surface area contributed by atoms with Gasteiger partial charge >= 0.3 is 0 Å². The Bertz CT molecular complexity index is 912. The van der Waals surface area contributed by atoms with E-state index >= 15 is 4.39 Å². The highest BCUT2D eigenvalue weighted by molar-refractivity contribution is 6.33. The molecule has 0 N–H and O–H groups in total. The molecule has 146 valence electrons. The lowest BCUT2D eigenvalue weighted by Crippen LogP contribution is -2.06. The zero-order valence-electron chi connectivity index (χ0n) is 16.1. The van der Waals surface area contributed by atoms with E-state index in [4.69, 9.17) is 21.1 Å². The predicted octanol–water partition coefficient (Wildman–Crippen LogP) is 6.71. The van der Waals surface area contributed by atoms with Crippen LogP contribution in [0, 0.1) is 5.82 Å². The first-order valence-electron chi connectivity index (χ1n) is 9.40. The third-order valence-corrected chi connectivity index (χ3v) is 5.13. The zero-order valence-corrected chi connectivity index (χ0v) is 16.9. The maximum absolute atomic E-state index is 15.1. The van der Waals surface area contributed by atoms with Crippen LogP contribution in [0.5, 0.6) is 5.75 Å². The normalized spacial score (nSPS) is 12.0. The second-order valence-corrected chi connectivity index (χ2v) is 6.98. The molecule has 28 heavy (non-hydrogen) atoms. The van der Waals surface area contributed by atoms with Crippen LogP contribution in [0.15, 0.2) is 66.7 Å². The first-order chi connectivity index (χ1) is 13.7. The van der Waals surface area contributed by atoms with Crippen molar-refractivity contribution in [3.63, 3.8) is 0 Å². The van der Waals surface area contributed by atoms with Crippen molar-refractivity contribution in [1.29, 1.82) is 0 Å². The molecule has 3 aromatic rings. The Balaban J connectivity index is 1.99. The fourth-order valence-electron chi connectivity index (χ4n) is 3.38. The second-order valence-electron chi connectivity index (χ2n) is 6.57. The molecule has 0 radical (unpaired) electrons. The quantitative estimate of drug-likeness (QED) is 0.392. The minimum absolute atomic E-state index is 0.200. The Kier molecular flexibility index (Phi) is 7.07. The molecule has 0 aliphatic rings. The van der Waals surface area contributed by atoms with Crippen LogP contribution in [0.1, 0.15) is 30.4 Å². The Labute approximate surface area is 170 Å². The summed E-state index contributed by atoms with van der Waals surface area (Å²) in [6.07, 6.45) is 0.938. The molecule has 0 saturated heterocycles. The van der Waals surface area contributed by atoms with E-state index in [0.29, 0.717) is 22.8 Å². The lowest BCUT2D eigenvalue weighted by Gasteiger charge is -2.18. The van der Waals surface area contributed by atoms with Crippen molar-refractivity contribution in [3.05, 3.63) is 88.7 Å². The maximum Gasteiger partial charge on any atom is 0.172 e. The third-order valence-electron chi connectivity index (χ3n) is 4.80. The molecule has 0 aromatic heterocycles. The predicted molar refractivity (Wildman–Crippen MR) is 113 cm³/mol. The lowest BCUT2D eigenvalue weighted by molar-refractivity contribution is 0.144. The van der Waals surface area contributed by atoms with Gasteiger partial charge in [0.1, 0.15) is 6.61 Å². The van der Waals surface area contributed by atoms with Crippen LogP contribution in [0.3, 0.4) is 0 Å². The highest BCUT2D eigenvalue weighted by Gasteiger charge is 2.17. The number of halogens is 2. The Morgan fingerprint density at radius 3 is 2.39 bits per heavy atom. The largest absolute Gasteiger partial charge is 0.488 e. The average Bonchev–Trinajstić information content (AvgIpc) is 2.72. The highest BCUT2D eigenvalue weighted by Crippen LogP contribution is 2.37. The molecule has 0 saturated carbocycles. The summed E-state index contributed by atoms with van der Waals surface area (Å²) in [7, 11) is 1.58. The summed E-state index contributed by atoms with van der Waals surface area (Å²) in [4.78, 5) is 0. The number of rotatable bonds is 8. The molecule has 0 heterocycles. The van der Waals surface area contributed by atoms with Crippen LogP contribution < -0.4 is 4.74 Å². The number of hydrogen-bond donors (Lipinski definition) is 0. The van der Waals surface area contributed by atoms with Gasteiger partial charge in [-0.15, -0.1) is 0 Å². The molecule has 0 amide bonds. The first kappa shape index (κ1) is 20.4. The highest BCUT2D eigenvalue weighted by atomic mass is 35.5. The number of benzene rings is 3. The van der Waals surface area contributed by atoms with Gasteiger partial charge in [0.05, 0.1) is 6.61 Å². The number of hydrogen-bond acceptors (Lipinski definition) is 2. The Morgan fingerprint density at radius 1 is 0.893 bits per heavy atom. The molecule has 0 bridgehead atoms. The van der Waals surface area contributed by atoms with Gasteiger partial charge in [0, 0.05) is 29.2 Å². The SMILES string of the molecule is CCC(c1ccccc1)c1ccc(Cl)c(-c2cccc(OCCOC)c2F)c1. The van der Waals surface area contributed by atoms with Crippen molar-refractivity contribution in [1.82, 2.24) is 0 Å². The standard InChI is InChI=1S/C24H24ClFO2/c1-3-19(17-8-5-4-6-9-17)18-12-13-22(25)21(16-18)20-10-7-11-23(24(20)26)28-15-14-27-2/h4-13,16,19H,3,14-15H2,1-2H3. The molecule has 3 aromatic carbocycles. The third kappa shape index (κ3) is 4.54. The number of methoxy groups -OCH3 is 1. The van der Waals surface area contributed by atoms with Crippen LogP contribution in [-0.4, -0.2) is 20.3 Å². The fraction of sp³-hybridized carbons (Fsp3) is 0.250. The van der Waals surface area contributed by atoms with Crippen molar-refractivity contribution in [3.8, 4) is 16.9 Å². The Hall–Kier alpha value is -2.36. The molecule has 2 nitrogen and oxygen atoms in total. The van der Waals surface area contributed by atoms with Crippen molar-refractivity contribution >= 4 is 11.6 Å². The summed E-state index contributed by atoms with van der Waals surface area (Å²) in [5.41, 5.74) is 3.45. The topological polar surface area (TPSA) is 18.5 Å².